The number of hydrogen-bond acceptors (Lipinski definition) is 0. The zero-order chi connectivity index (χ0) is 10.7. The standard InChI is InChI=1S/C14H13Br.CH4/c1-11-2-6-13(7-3-11)14-8-4-12(10-15)5-9-14;/h2-9H,10H2,1H3;1H4. The zero-order valence-electron chi connectivity index (χ0n) is 8.70. The van der Waals surface area contributed by atoms with Crippen molar-refractivity contribution < 1.29 is 0 Å². The predicted molar refractivity (Wildman–Crippen MR) is 76.0 cm³/mol. The van der Waals surface area contributed by atoms with Crippen molar-refractivity contribution in [2.45, 2.75) is 19.7 Å². The molecule has 2 rings (SSSR count). The average Bonchev–Trinajstić information content (AvgIpc) is 2.30. The first-order valence-corrected chi connectivity index (χ1v) is 6.14. The Hall–Kier alpha value is -1.08. The Morgan fingerprint density at radius 1 is 0.812 bits per heavy atom. The molecular formula is C15H17Br. The Morgan fingerprint density at radius 2 is 1.25 bits per heavy atom. The van der Waals surface area contributed by atoms with Gasteiger partial charge in [0, 0.05) is 5.33 Å². The smallest absolute Gasteiger partial charge is 0.0283 e. The minimum absolute atomic E-state index is 0. The number of halogens is 1. The molecule has 0 spiro atoms. The molecular weight excluding hydrogens is 260 g/mol. The van der Waals surface area contributed by atoms with Crippen LogP contribution in [0.3, 0.4) is 0 Å². The van der Waals surface area contributed by atoms with Gasteiger partial charge in [0.1, 0.15) is 0 Å². The van der Waals surface area contributed by atoms with Crippen molar-refractivity contribution >= 4 is 15.9 Å². The number of aryl methyl sites for hydroxylation is 1. The highest BCUT2D eigenvalue weighted by molar-refractivity contribution is 9.08. The monoisotopic (exact) mass is 276 g/mol. The Balaban J connectivity index is 0.00000128. The second-order valence-electron chi connectivity index (χ2n) is 3.70. The van der Waals surface area contributed by atoms with Crippen molar-refractivity contribution in [3.8, 4) is 11.1 Å². The number of benzene rings is 2. The molecule has 2 aromatic carbocycles. The summed E-state index contributed by atoms with van der Waals surface area (Å²) in [4.78, 5) is 0. The summed E-state index contributed by atoms with van der Waals surface area (Å²) in [5.41, 5.74) is 5.17. The van der Waals surface area contributed by atoms with Crippen LogP contribution in [0.15, 0.2) is 48.5 Å². The van der Waals surface area contributed by atoms with Crippen LogP contribution < -0.4 is 0 Å². The molecule has 0 fully saturated rings. The normalized spacial score (nSPS) is 9.62. The lowest BCUT2D eigenvalue weighted by atomic mass is 10.0. The van der Waals surface area contributed by atoms with E-state index in [1.54, 1.807) is 0 Å². The van der Waals surface area contributed by atoms with Gasteiger partial charge in [0.25, 0.3) is 0 Å². The van der Waals surface area contributed by atoms with Gasteiger partial charge in [0.2, 0.25) is 0 Å². The minimum Gasteiger partial charge on any atom is -0.0876 e. The van der Waals surface area contributed by atoms with Crippen LogP contribution in [0.2, 0.25) is 0 Å². The SMILES string of the molecule is C.Cc1ccc(-c2ccc(CBr)cc2)cc1. The van der Waals surface area contributed by atoms with Crippen molar-refractivity contribution in [3.63, 3.8) is 0 Å². The Morgan fingerprint density at radius 3 is 1.69 bits per heavy atom. The molecule has 0 radical (unpaired) electrons. The molecule has 0 atom stereocenters. The van der Waals surface area contributed by atoms with Crippen LogP contribution in [0.1, 0.15) is 18.6 Å². The highest BCUT2D eigenvalue weighted by Crippen LogP contribution is 2.20. The Kier molecular flexibility index (Phi) is 4.75. The summed E-state index contributed by atoms with van der Waals surface area (Å²) < 4.78 is 0. The van der Waals surface area contributed by atoms with E-state index in [9.17, 15) is 0 Å². The Bertz CT molecular complexity index is 426. The van der Waals surface area contributed by atoms with E-state index in [0.717, 1.165) is 5.33 Å². The van der Waals surface area contributed by atoms with E-state index < -0.39 is 0 Å². The van der Waals surface area contributed by atoms with Gasteiger partial charge in [-0.25, -0.2) is 0 Å². The first-order chi connectivity index (χ1) is 7.29. The lowest BCUT2D eigenvalue weighted by Crippen LogP contribution is -1.80. The quantitative estimate of drug-likeness (QED) is 0.662. The molecule has 0 bridgehead atoms. The molecule has 0 aliphatic rings. The van der Waals surface area contributed by atoms with Gasteiger partial charge < -0.3 is 0 Å². The fraction of sp³-hybridized carbons (Fsp3) is 0.200. The van der Waals surface area contributed by atoms with Crippen LogP contribution in [0.5, 0.6) is 0 Å². The van der Waals surface area contributed by atoms with E-state index in [0.29, 0.717) is 0 Å². The second kappa shape index (κ2) is 5.86. The number of alkyl halides is 1. The number of hydrogen-bond donors (Lipinski definition) is 0. The lowest BCUT2D eigenvalue weighted by Gasteiger charge is -2.03. The summed E-state index contributed by atoms with van der Waals surface area (Å²) in [6, 6.07) is 17.3. The largest absolute Gasteiger partial charge is 0.0876 e. The van der Waals surface area contributed by atoms with Gasteiger partial charge >= 0.3 is 0 Å². The molecule has 0 aliphatic carbocycles. The molecule has 0 N–H and O–H groups in total. The van der Waals surface area contributed by atoms with Crippen LogP contribution >= 0.6 is 15.9 Å². The first kappa shape index (κ1) is 13.0. The molecule has 0 amide bonds. The van der Waals surface area contributed by atoms with E-state index in [1.165, 1.54) is 22.3 Å². The summed E-state index contributed by atoms with van der Waals surface area (Å²) in [7, 11) is 0. The van der Waals surface area contributed by atoms with Crippen LogP contribution in [-0.4, -0.2) is 0 Å². The number of rotatable bonds is 2. The summed E-state index contributed by atoms with van der Waals surface area (Å²) in [5, 5.41) is 0.918. The van der Waals surface area contributed by atoms with Crippen LogP contribution in [0, 0.1) is 6.92 Å². The van der Waals surface area contributed by atoms with Gasteiger partial charge in [0.05, 0.1) is 0 Å². The van der Waals surface area contributed by atoms with Gasteiger partial charge in [0.15, 0.2) is 0 Å². The molecule has 0 saturated carbocycles. The maximum absolute atomic E-state index is 3.45. The molecule has 16 heavy (non-hydrogen) atoms. The average molecular weight is 277 g/mol. The molecule has 0 heterocycles. The fourth-order valence-corrected chi connectivity index (χ4v) is 1.91. The summed E-state index contributed by atoms with van der Waals surface area (Å²) in [6.07, 6.45) is 0. The van der Waals surface area contributed by atoms with Crippen molar-refractivity contribution in [1.82, 2.24) is 0 Å². The van der Waals surface area contributed by atoms with E-state index in [-0.39, 0.29) is 7.43 Å². The van der Waals surface area contributed by atoms with Crippen LogP contribution in [0.4, 0.5) is 0 Å². The third-order valence-electron chi connectivity index (χ3n) is 2.49. The summed E-state index contributed by atoms with van der Waals surface area (Å²) >= 11 is 3.45. The van der Waals surface area contributed by atoms with Crippen molar-refractivity contribution in [2.24, 2.45) is 0 Å². The summed E-state index contributed by atoms with van der Waals surface area (Å²) in [5.74, 6) is 0. The van der Waals surface area contributed by atoms with E-state index in [4.69, 9.17) is 0 Å². The molecule has 1 heteroatoms. The molecule has 84 valence electrons. The van der Waals surface area contributed by atoms with E-state index in [1.807, 2.05) is 0 Å². The maximum Gasteiger partial charge on any atom is 0.0283 e. The first-order valence-electron chi connectivity index (χ1n) is 5.01. The Labute approximate surface area is 106 Å². The molecule has 0 saturated heterocycles. The topological polar surface area (TPSA) is 0 Å². The molecule has 0 aliphatic heterocycles. The highest BCUT2D eigenvalue weighted by Gasteiger charge is 1.96. The lowest BCUT2D eigenvalue weighted by molar-refractivity contribution is 1.43. The third kappa shape index (κ3) is 2.96. The van der Waals surface area contributed by atoms with E-state index in [2.05, 4.69) is 71.4 Å². The van der Waals surface area contributed by atoms with Crippen LogP contribution in [0.25, 0.3) is 11.1 Å². The minimum atomic E-state index is 0. The van der Waals surface area contributed by atoms with Crippen LogP contribution in [-0.2, 0) is 5.33 Å². The van der Waals surface area contributed by atoms with E-state index >= 15 is 0 Å². The molecule has 0 nitrogen and oxygen atoms in total. The molecule has 0 unspecified atom stereocenters. The second-order valence-corrected chi connectivity index (χ2v) is 4.26. The highest BCUT2D eigenvalue weighted by atomic mass is 79.9. The zero-order valence-corrected chi connectivity index (χ0v) is 10.3. The van der Waals surface area contributed by atoms with Crippen molar-refractivity contribution in [2.75, 3.05) is 0 Å². The van der Waals surface area contributed by atoms with Gasteiger partial charge in [-0.15, -0.1) is 0 Å². The van der Waals surface area contributed by atoms with Crippen molar-refractivity contribution in [3.05, 3.63) is 59.7 Å². The third-order valence-corrected chi connectivity index (χ3v) is 3.14. The van der Waals surface area contributed by atoms with Gasteiger partial charge in [-0.1, -0.05) is 77.5 Å². The predicted octanol–water partition coefficient (Wildman–Crippen LogP) is 5.19. The van der Waals surface area contributed by atoms with Gasteiger partial charge in [-0.3, -0.25) is 0 Å². The summed E-state index contributed by atoms with van der Waals surface area (Å²) in [6.45, 7) is 2.11. The van der Waals surface area contributed by atoms with Gasteiger partial charge in [-0.05, 0) is 23.6 Å². The van der Waals surface area contributed by atoms with Crippen molar-refractivity contribution in [1.29, 1.82) is 0 Å². The fourth-order valence-electron chi connectivity index (χ4n) is 1.53. The van der Waals surface area contributed by atoms with Gasteiger partial charge in [-0.2, -0.15) is 0 Å². The molecule has 0 aromatic heterocycles. The maximum atomic E-state index is 3.45. The molecule has 2 aromatic rings.